The second-order valence-electron chi connectivity index (χ2n) is 6.51. The second-order valence-corrected chi connectivity index (χ2v) is 6.51. The topological polar surface area (TPSA) is 64.1 Å². The Hall–Kier alpha value is -1.22. The number of rotatable bonds is 9. The molecule has 1 aliphatic rings. The third-order valence-electron chi connectivity index (χ3n) is 4.68. The molecular formula is C20H34IN3O3. The van der Waals surface area contributed by atoms with Crippen LogP contribution < -0.4 is 20.1 Å². The van der Waals surface area contributed by atoms with E-state index in [0.717, 1.165) is 42.6 Å². The van der Waals surface area contributed by atoms with Crippen LogP contribution in [-0.2, 0) is 11.3 Å². The summed E-state index contributed by atoms with van der Waals surface area (Å²) in [5.41, 5.74) is 1.05. The third kappa shape index (κ3) is 8.55. The summed E-state index contributed by atoms with van der Waals surface area (Å²) in [6.45, 7) is 2.28. The number of hydrogen-bond donors (Lipinski definition) is 2. The fourth-order valence-corrected chi connectivity index (χ4v) is 3.16. The maximum absolute atomic E-state index is 5.95. The van der Waals surface area contributed by atoms with Gasteiger partial charge in [0, 0.05) is 38.4 Å². The first kappa shape index (κ1) is 23.8. The lowest BCUT2D eigenvalue weighted by atomic mass is 9.98. The minimum atomic E-state index is 0. The van der Waals surface area contributed by atoms with E-state index in [1.807, 2.05) is 18.2 Å². The molecule has 7 heteroatoms. The van der Waals surface area contributed by atoms with E-state index in [2.05, 4.69) is 15.6 Å². The molecular weight excluding hydrogens is 457 g/mol. The van der Waals surface area contributed by atoms with E-state index in [-0.39, 0.29) is 24.0 Å². The molecule has 154 valence electrons. The largest absolute Gasteiger partial charge is 0.497 e. The summed E-state index contributed by atoms with van der Waals surface area (Å²) in [5, 5.41) is 6.65. The lowest BCUT2D eigenvalue weighted by Gasteiger charge is -2.22. The Kier molecular flexibility index (Phi) is 12.2. The van der Waals surface area contributed by atoms with Crippen LogP contribution in [0.4, 0.5) is 0 Å². The van der Waals surface area contributed by atoms with Crippen LogP contribution in [0.15, 0.2) is 23.2 Å². The van der Waals surface area contributed by atoms with Crippen molar-refractivity contribution in [1.82, 2.24) is 10.6 Å². The maximum Gasteiger partial charge on any atom is 0.191 e. The van der Waals surface area contributed by atoms with Crippen LogP contribution in [0.2, 0.25) is 0 Å². The van der Waals surface area contributed by atoms with Crippen molar-refractivity contribution in [1.29, 1.82) is 0 Å². The Morgan fingerprint density at radius 3 is 2.56 bits per heavy atom. The number of guanidine groups is 1. The molecule has 0 heterocycles. The number of nitrogens with one attached hydrogen (secondary N) is 2. The molecule has 2 rings (SSSR count). The van der Waals surface area contributed by atoms with Gasteiger partial charge in [0.05, 0.1) is 20.3 Å². The van der Waals surface area contributed by atoms with Gasteiger partial charge in [-0.05, 0) is 31.4 Å². The number of hydrogen-bond acceptors (Lipinski definition) is 4. The van der Waals surface area contributed by atoms with Gasteiger partial charge in [-0.3, -0.25) is 4.99 Å². The zero-order chi connectivity index (χ0) is 18.6. The van der Waals surface area contributed by atoms with Crippen molar-refractivity contribution in [3.05, 3.63) is 23.8 Å². The van der Waals surface area contributed by atoms with E-state index >= 15 is 0 Å². The standard InChI is InChI=1S/C20H33N3O3.HI/c1-21-20(22-12-7-13-26-17-8-5-4-6-9-17)23-15-16-10-11-18(24-2)14-19(16)25-3;/h10-11,14,17H,4-9,12-13,15H2,1-3H3,(H2,21,22,23);1H. The number of methoxy groups -OCH3 is 2. The number of aliphatic imine (C=N–C) groups is 1. The van der Waals surface area contributed by atoms with E-state index in [0.29, 0.717) is 12.6 Å². The van der Waals surface area contributed by atoms with E-state index in [1.54, 1.807) is 21.3 Å². The number of ether oxygens (including phenoxy) is 3. The highest BCUT2D eigenvalue weighted by Gasteiger charge is 2.13. The van der Waals surface area contributed by atoms with Crippen molar-refractivity contribution in [3.8, 4) is 11.5 Å². The lowest BCUT2D eigenvalue weighted by Crippen LogP contribution is -2.37. The second kappa shape index (κ2) is 13.9. The normalized spacial score (nSPS) is 15.0. The van der Waals surface area contributed by atoms with Crippen LogP contribution in [0.25, 0.3) is 0 Å². The summed E-state index contributed by atoms with van der Waals surface area (Å²) >= 11 is 0. The Labute approximate surface area is 180 Å². The molecule has 1 aromatic rings. The van der Waals surface area contributed by atoms with E-state index in [4.69, 9.17) is 14.2 Å². The van der Waals surface area contributed by atoms with Crippen LogP contribution in [-0.4, -0.2) is 46.5 Å². The summed E-state index contributed by atoms with van der Waals surface area (Å²) in [7, 11) is 5.09. The van der Waals surface area contributed by atoms with Gasteiger partial charge in [-0.1, -0.05) is 19.3 Å². The van der Waals surface area contributed by atoms with Gasteiger partial charge in [0.25, 0.3) is 0 Å². The van der Waals surface area contributed by atoms with Crippen molar-refractivity contribution < 1.29 is 14.2 Å². The maximum atomic E-state index is 5.95. The number of halogens is 1. The highest BCUT2D eigenvalue weighted by atomic mass is 127. The SMILES string of the molecule is CN=C(NCCCOC1CCCCC1)NCc1ccc(OC)cc1OC.I. The molecule has 0 aliphatic heterocycles. The molecule has 0 aromatic heterocycles. The van der Waals surface area contributed by atoms with Gasteiger partial charge < -0.3 is 24.8 Å². The molecule has 6 nitrogen and oxygen atoms in total. The van der Waals surface area contributed by atoms with Gasteiger partial charge in [0.1, 0.15) is 11.5 Å². The fraction of sp³-hybridized carbons (Fsp3) is 0.650. The summed E-state index contributed by atoms with van der Waals surface area (Å²) in [6, 6.07) is 5.81. The molecule has 1 fully saturated rings. The van der Waals surface area contributed by atoms with Crippen LogP contribution in [0.5, 0.6) is 11.5 Å². The van der Waals surface area contributed by atoms with Gasteiger partial charge in [0.2, 0.25) is 0 Å². The minimum absolute atomic E-state index is 0. The van der Waals surface area contributed by atoms with E-state index in [9.17, 15) is 0 Å². The smallest absolute Gasteiger partial charge is 0.191 e. The Bertz CT molecular complexity index is 563. The van der Waals surface area contributed by atoms with Gasteiger partial charge in [0.15, 0.2) is 5.96 Å². The molecule has 0 atom stereocenters. The molecule has 2 N–H and O–H groups in total. The van der Waals surface area contributed by atoms with Gasteiger partial charge in [-0.25, -0.2) is 0 Å². The van der Waals surface area contributed by atoms with Crippen LogP contribution >= 0.6 is 24.0 Å². The highest BCUT2D eigenvalue weighted by Crippen LogP contribution is 2.24. The van der Waals surface area contributed by atoms with Gasteiger partial charge in [-0.15, -0.1) is 24.0 Å². The molecule has 0 bridgehead atoms. The first-order chi connectivity index (χ1) is 12.8. The Morgan fingerprint density at radius 1 is 1.11 bits per heavy atom. The predicted octanol–water partition coefficient (Wildman–Crippen LogP) is 3.73. The summed E-state index contributed by atoms with van der Waals surface area (Å²) in [6.07, 6.45) is 7.89. The zero-order valence-corrected chi connectivity index (χ0v) is 19.1. The van der Waals surface area contributed by atoms with Crippen LogP contribution in [0.1, 0.15) is 44.1 Å². The monoisotopic (exact) mass is 491 g/mol. The molecule has 1 aromatic carbocycles. The molecule has 1 saturated carbocycles. The minimum Gasteiger partial charge on any atom is -0.497 e. The highest BCUT2D eigenvalue weighted by molar-refractivity contribution is 14.0. The van der Waals surface area contributed by atoms with Crippen molar-refractivity contribution >= 4 is 29.9 Å². The molecule has 1 aliphatic carbocycles. The van der Waals surface area contributed by atoms with Crippen LogP contribution in [0.3, 0.4) is 0 Å². The number of benzene rings is 1. The quantitative estimate of drug-likeness (QED) is 0.239. The van der Waals surface area contributed by atoms with Gasteiger partial charge in [-0.2, -0.15) is 0 Å². The molecule has 0 saturated heterocycles. The van der Waals surface area contributed by atoms with E-state index < -0.39 is 0 Å². The third-order valence-corrected chi connectivity index (χ3v) is 4.68. The molecule has 27 heavy (non-hydrogen) atoms. The van der Waals surface area contributed by atoms with Crippen LogP contribution in [0, 0.1) is 0 Å². The average Bonchev–Trinajstić information content (AvgIpc) is 2.70. The summed E-state index contributed by atoms with van der Waals surface area (Å²) in [5.74, 6) is 2.36. The zero-order valence-electron chi connectivity index (χ0n) is 16.8. The number of nitrogens with zero attached hydrogens (tertiary/aromatic N) is 1. The van der Waals surface area contributed by atoms with Crippen molar-refractivity contribution in [2.24, 2.45) is 4.99 Å². The van der Waals surface area contributed by atoms with Gasteiger partial charge >= 0.3 is 0 Å². The summed E-state index contributed by atoms with van der Waals surface area (Å²) in [4.78, 5) is 4.27. The lowest BCUT2D eigenvalue weighted by molar-refractivity contribution is 0.0277. The van der Waals surface area contributed by atoms with Crippen molar-refractivity contribution in [3.63, 3.8) is 0 Å². The van der Waals surface area contributed by atoms with Crippen molar-refractivity contribution in [2.75, 3.05) is 34.4 Å². The molecule has 0 radical (unpaired) electrons. The summed E-state index contributed by atoms with van der Waals surface area (Å²) < 4.78 is 16.6. The Balaban J connectivity index is 0.00000364. The Morgan fingerprint density at radius 2 is 1.89 bits per heavy atom. The molecule has 0 unspecified atom stereocenters. The first-order valence-corrected chi connectivity index (χ1v) is 9.54. The average molecular weight is 491 g/mol. The van der Waals surface area contributed by atoms with Crippen molar-refractivity contribution in [2.45, 2.75) is 51.2 Å². The fourth-order valence-electron chi connectivity index (χ4n) is 3.16. The first-order valence-electron chi connectivity index (χ1n) is 9.54. The predicted molar refractivity (Wildman–Crippen MR) is 121 cm³/mol. The molecule has 0 amide bonds. The van der Waals surface area contributed by atoms with E-state index in [1.165, 1.54) is 32.1 Å². The molecule has 0 spiro atoms.